The first-order valence-corrected chi connectivity index (χ1v) is 9.92. The van der Waals surface area contributed by atoms with Crippen LogP contribution < -0.4 is 0 Å². The van der Waals surface area contributed by atoms with Gasteiger partial charge in [0.2, 0.25) is 0 Å². The number of carbonyl (C=O) groups excluding carboxylic acids is 2. The first-order valence-electron chi connectivity index (χ1n) is 9.54. The fourth-order valence-corrected chi connectivity index (χ4v) is 3.75. The first kappa shape index (κ1) is 21.2. The van der Waals surface area contributed by atoms with Crippen LogP contribution in [0.4, 0.5) is 5.69 Å². The molecular weight excluding hydrogens is 434 g/mol. The Labute approximate surface area is 187 Å². The molecule has 1 amide bonds. The van der Waals surface area contributed by atoms with Gasteiger partial charge in [0.1, 0.15) is 5.76 Å². The van der Waals surface area contributed by atoms with Crippen LogP contribution in [0.25, 0.3) is 5.76 Å². The Bertz CT molecular complexity index is 1220. The average Bonchev–Trinajstić information content (AvgIpc) is 3.05. The molecule has 0 spiro atoms. The fourth-order valence-electron chi connectivity index (χ4n) is 3.62. The number of nitro benzene ring substituents is 1. The first-order chi connectivity index (χ1) is 15.4. The second kappa shape index (κ2) is 8.60. The van der Waals surface area contributed by atoms with Crippen molar-refractivity contribution in [1.82, 2.24) is 9.88 Å². The number of aromatic nitrogens is 1. The number of aliphatic hydroxyl groups is 1. The predicted molar refractivity (Wildman–Crippen MR) is 117 cm³/mol. The van der Waals surface area contributed by atoms with E-state index in [4.69, 9.17) is 11.6 Å². The number of nitro groups is 1. The molecule has 1 aliphatic heterocycles. The van der Waals surface area contributed by atoms with Gasteiger partial charge >= 0.3 is 0 Å². The van der Waals surface area contributed by atoms with Crippen molar-refractivity contribution in [2.45, 2.75) is 12.6 Å². The van der Waals surface area contributed by atoms with E-state index in [-0.39, 0.29) is 23.6 Å². The van der Waals surface area contributed by atoms with Crippen molar-refractivity contribution < 1.29 is 19.6 Å². The third kappa shape index (κ3) is 3.95. The van der Waals surface area contributed by atoms with Crippen molar-refractivity contribution in [3.8, 4) is 0 Å². The van der Waals surface area contributed by atoms with Gasteiger partial charge in [-0.05, 0) is 53.6 Å². The van der Waals surface area contributed by atoms with Crippen LogP contribution in [-0.4, -0.2) is 31.6 Å². The second-order valence-electron chi connectivity index (χ2n) is 7.14. The Kier molecular flexibility index (Phi) is 5.70. The van der Waals surface area contributed by atoms with Crippen LogP contribution in [-0.2, 0) is 16.1 Å². The summed E-state index contributed by atoms with van der Waals surface area (Å²) in [5.74, 6) is -1.98. The minimum Gasteiger partial charge on any atom is -0.507 e. The molecule has 0 bridgehead atoms. The molecule has 32 heavy (non-hydrogen) atoms. The molecule has 1 aromatic heterocycles. The van der Waals surface area contributed by atoms with Crippen molar-refractivity contribution in [3.63, 3.8) is 0 Å². The van der Waals surface area contributed by atoms with Gasteiger partial charge in [0.15, 0.2) is 0 Å². The number of rotatable bonds is 5. The fraction of sp³-hybridized carbons (Fsp3) is 0.0870. The molecule has 4 rings (SSSR count). The van der Waals surface area contributed by atoms with Crippen molar-refractivity contribution in [2.75, 3.05) is 0 Å². The van der Waals surface area contributed by atoms with Crippen molar-refractivity contribution in [2.24, 2.45) is 0 Å². The largest absolute Gasteiger partial charge is 0.507 e. The summed E-state index contributed by atoms with van der Waals surface area (Å²) in [6.45, 7) is 0.0669. The maximum absolute atomic E-state index is 13.0. The Balaban J connectivity index is 1.85. The van der Waals surface area contributed by atoms with Crippen LogP contribution in [0, 0.1) is 10.1 Å². The van der Waals surface area contributed by atoms with E-state index in [1.165, 1.54) is 29.2 Å². The van der Waals surface area contributed by atoms with Crippen molar-refractivity contribution >= 4 is 34.7 Å². The molecule has 2 heterocycles. The van der Waals surface area contributed by atoms with Crippen LogP contribution >= 0.6 is 11.6 Å². The molecule has 2 aromatic carbocycles. The highest BCUT2D eigenvalue weighted by atomic mass is 35.5. The van der Waals surface area contributed by atoms with Gasteiger partial charge < -0.3 is 10.0 Å². The number of halogens is 1. The molecule has 0 saturated carbocycles. The highest BCUT2D eigenvalue weighted by molar-refractivity contribution is 6.46. The number of amides is 1. The number of hydrogen-bond acceptors (Lipinski definition) is 6. The molecule has 8 nitrogen and oxygen atoms in total. The summed E-state index contributed by atoms with van der Waals surface area (Å²) in [5.41, 5.74) is 1.23. The van der Waals surface area contributed by atoms with Gasteiger partial charge in [-0.1, -0.05) is 17.7 Å². The summed E-state index contributed by atoms with van der Waals surface area (Å²) in [6, 6.07) is 14.3. The highest BCUT2D eigenvalue weighted by Gasteiger charge is 2.46. The van der Waals surface area contributed by atoms with E-state index in [1.807, 2.05) is 0 Å². The van der Waals surface area contributed by atoms with Gasteiger partial charge in [0, 0.05) is 41.7 Å². The molecule has 160 valence electrons. The zero-order chi connectivity index (χ0) is 22.8. The topological polar surface area (TPSA) is 114 Å². The molecule has 0 aliphatic carbocycles. The van der Waals surface area contributed by atoms with Gasteiger partial charge in [-0.15, -0.1) is 0 Å². The molecule has 1 N–H and O–H groups in total. The Morgan fingerprint density at radius 2 is 1.78 bits per heavy atom. The van der Waals surface area contributed by atoms with E-state index < -0.39 is 22.7 Å². The molecule has 1 atom stereocenters. The van der Waals surface area contributed by atoms with E-state index in [9.17, 15) is 24.8 Å². The SMILES string of the molecule is O=C1C(=O)N(Cc2cccnc2)[C@H](c2ccc([N+](=O)[O-])cc2)/C1=C(\O)c1ccc(Cl)cc1. The Morgan fingerprint density at radius 1 is 1.09 bits per heavy atom. The summed E-state index contributed by atoms with van der Waals surface area (Å²) < 4.78 is 0. The average molecular weight is 450 g/mol. The third-order valence-electron chi connectivity index (χ3n) is 5.15. The smallest absolute Gasteiger partial charge is 0.295 e. The summed E-state index contributed by atoms with van der Waals surface area (Å²) >= 11 is 5.92. The molecule has 1 aliphatic rings. The van der Waals surface area contributed by atoms with Crippen LogP contribution in [0.2, 0.25) is 5.02 Å². The van der Waals surface area contributed by atoms with Gasteiger partial charge in [-0.3, -0.25) is 24.7 Å². The van der Waals surface area contributed by atoms with Crippen LogP contribution in [0.5, 0.6) is 0 Å². The number of hydrogen-bond donors (Lipinski definition) is 1. The van der Waals surface area contributed by atoms with E-state index in [0.29, 0.717) is 21.7 Å². The molecule has 0 radical (unpaired) electrons. The lowest BCUT2D eigenvalue weighted by atomic mass is 9.95. The lowest BCUT2D eigenvalue weighted by molar-refractivity contribution is -0.384. The van der Waals surface area contributed by atoms with Crippen molar-refractivity contribution in [3.05, 3.63) is 110 Å². The van der Waals surface area contributed by atoms with Crippen LogP contribution in [0.1, 0.15) is 22.7 Å². The number of likely N-dealkylation sites (tertiary alicyclic amines) is 1. The van der Waals surface area contributed by atoms with Gasteiger partial charge in [0.25, 0.3) is 17.4 Å². The highest BCUT2D eigenvalue weighted by Crippen LogP contribution is 2.40. The number of carbonyl (C=O) groups is 2. The number of aliphatic hydroxyl groups excluding tert-OH is 1. The van der Waals surface area contributed by atoms with Crippen molar-refractivity contribution in [1.29, 1.82) is 0 Å². The van der Waals surface area contributed by atoms with E-state index >= 15 is 0 Å². The van der Waals surface area contributed by atoms with E-state index in [1.54, 1.807) is 48.8 Å². The Hall–Kier alpha value is -4.04. The molecular formula is C23H16ClN3O5. The summed E-state index contributed by atoms with van der Waals surface area (Å²) in [5, 5.41) is 22.5. The zero-order valence-electron chi connectivity index (χ0n) is 16.5. The molecule has 3 aromatic rings. The monoisotopic (exact) mass is 449 g/mol. The standard InChI is InChI=1S/C23H16ClN3O5/c24-17-7-3-16(4-8-17)21(28)19-20(15-5-9-18(10-6-15)27(31)32)26(23(30)22(19)29)13-14-2-1-11-25-12-14/h1-12,20,28H,13H2/b21-19+/t20-/m1/s1. The minimum absolute atomic E-state index is 0.0669. The lowest BCUT2D eigenvalue weighted by Crippen LogP contribution is -2.29. The maximum Gasteiger partial charge on any atom is 0.295 e. The zero-order valence-corrected chi connectivity index (χ0v) is 17.3. The van der Waals surface area contributed by atoms with Gasteiger partial charge in [-0.2, -0.15) is 0 Å². The number of ketones is 1. The van der Waals surface area contributed by atoms with Gasteiger partial charge in [-0.25, -0.2) is 0 Å². The second-order valence-corrected chi connectivity index (χ2v) is 7.58. The normalized spacial score (nSPS) is 17.5. The predicted octanol–water partition coefficient (Wildman–Crippen LogP) is 4.27. The summed E-state index contributed by atoms with van der Waals surface area (Å²) in [4.78, 5) is 41.8. The molecule has 9 heteroatoms. The molecule has 1 saturated heterocycles. The van der Waals surface area contributed by atoms with Crippen LogP contribution in [0.3, 0.4) is 0 Å². The van der Waals surface area contributed by atoms with E-state index in [2.05, 4.69) is 4.98 Å². The number of nitrogens with zero attached hydrogens (tertiary/aromatic N) is 3. The third-order valence-corrected chi connectivity index (χ3v) is 5.40. The lowest BCUT2D eigenvalue weighted by Gasteiger charge is -2.25. The number of Topliss-reactive ketones (excluding diaryl/α,β-unsaturated/α-hetero) is 1. The van der Waals surface area contributed by atoms with Gasteiger partial charge in [0.05, 0.1) is 16.5 Å². The maximum atomic E-state index is 13.0. The number of non-ortho nitro benzene ring substituents is 1. The molecule has 0 unspecified atom stereocenters. The Morgan fingerprint density at radius 3 is 2.38 bits per heavy atom. The quantitative estimate of drug-likeness (QED) is 0.204. The van der Waals surface area contributed by atoms with Crippen LogP contribution in [0.15, 0.2) is 78.6 Å². The number of pyridine rings is 1. The summed E-state index contributed by atoms with van der Waals surface area (Å²) in [6.07, 6.45) is 3.16. The minimum atomic E-state index is -0.938. The number of benzene rings is 2. The molecule has 1 fully saturated rings. The summed E-state index contributed by atoms with van der Waals surface area (Å²) in [7, 11) is 0. The van der Waals surface area contributed by atoms with E-state index in [0.717, 1.165) is 0 Å².